The summed E-state index contributed by atoms with van der Waals surface area (Å²) in [7, 11) is 0. The van der Waals surface area contributed by atoms with Crippen LogP contribution in [0.25, 0.3) is 0 Å². The van der Waals surface area contributed by atoms with Crippen LogP contribution in [0.2, 0.25) is 0 Å². The van der Waals surface area contributed by atoms with Crippen LogP contribution in [0.3, 0.4) is 0 Å². The van der Waals surface area contributed by atoms with Crippen LogP contribution in [0.1, 0.15) is 48.8 Å². The summed E-state index contributed by atoms with van der Waals surface area (Å²) in [4.78, 5) is 15.9. The van der Waals surface area contributed by atoms with E-state index in [-0.39, 0.29) is 17.6 Å². The smallest absolute Gasteiger partial charge is 0.174 e. The van der Waals surface area contributed by atoms with Gasteiger partial charge in [0.2, 0.25) is 0 Å². The third-order valence-electron chi connectivity index (χ3n) is 8.86. The Labute approximate surface area is 188 Å². The molecule has 1 unspecified atom stereocenters. The standard InChI is InChI=1S/C27H29NO4/c29-20-9-8-19-14-22-27(31-16-18-4-2-1-3-5-18)11-10-21(30)25-26(27,23(19)24(20)32-25)12-13-28(22)15-17-6-7-17/h1-5,8-9,17,22,25,29H,6-7,10-16H2/t22-,25?,26+,27-/m1/s1. The zero-order chi connectivity index (χ0) is 21.5. The Morgan fingerprint density at radius 2 is 1.97 bits per heavy atom. The molecule has 166 valence electrons. The molecule has 7 rings (SSSR count). The van der Waals surface area contributed by atoms with Gasteiger partial charge in [-0.3, -0.25) is 9.69 Å². The van der Waals surface area contributed by atoms with Crippen LogP contribution in [0.4, 0.5) is 0 Å². The summed E-state index contributed by atoms with van der Waals surface area (Å²) in [6.07, 6.45) is 5.01. The number of rotatable bonds is 5. The summed E-state index contributed by atoms with van der Waals surface area (Å²) in [5.74, 6) is 1.63. The van der Waals surface area contributed by atoms with E-state index in [1.54, 1.807) is 6.07 Å². The van der Waals surface area contributed by atoms with E-state index in [2.05, 4.69) is 23.1 Å². The Kier molecular flexibility index (Phi) is 3.93. The molecule has 2 aromatic carbocycles. The van der Waals surface area contributed by atoms with E-state index in [9.17, 15) is 9.90 Å². The molecule has 32 heavy (non-hydrogen) atoms. The lowest BCUT2D eigenvalue weighted by atomic mass is 9.48. The van der Waals surface area contributed by atoms with Crippen LogP contribution in [-0.4, -0.2) is 46.6 Å². The number of aromatic hydroxyl groups is 1. The van der Waals surface area contributed by atoms with Crippen molar-refractivity contribution in [1.29, 1.82) is 0 Å². The number of phenolic OH excluding ortho intramolecular Hbond substituents is 1. The number of likely N-dealkylation sites (tertiary alicyclic amines) is 1. The van der Waals surface area contributed by atoms with Gasteiger partial charge in [0, 0.05) is 24.6 Å². The molecule has 0 radical (unpaired) electrons. The van der Waals surface area contributed by atoms with Crippen molar-refractivity contribution in [2.75, 3.05) is 13.1 Å². The molecule has 1 spiro atoms. The van der Waals surface area contributed by atoms with Crippen molar-refractivity contribution in [1.82, 2.24) is 4.90 Å². The number of hydrogen-bond acceptors (Lipinski definition) is 5. The summed E-state index contributed by atoms with van der Waals surface area (Å²) in [6.45, 7) is 2.61. The second kappa shape index (κ2) is 6.58. The maximum absolute atomic E-state index is 13.2. The Morgan fingerprint density at radius 1 is 1.12 bits per heavy atom. The molecule has 2 aliphatic heterocycles. The van der Waals surface area contributed by atoms with Crippen LogP contribution in [0.15, 0.2) is 42.5 Å². The highest BCUT2D eigenvalue weighted by atomic mass is 16.5. The van der Waals surface area contributed by atoms with Gasteiger partial charge in [-0.15, -0.1) is 0 Å². The molecule has 1 N–H and O–H groups in total. The number of piperidine rings is 1. The van der Waals surface area contributed by atoms with Gasteiger partial charge in [0.05, 0.1) is 17.6 Å². The quantitative estimate of drug-likeness (QED) is 0.781. The summed E-state index contributed by atoms with van der Waals surface area (Å²) >= 11 is 0. The first-order valence-electron chi connectivity index (χ1n) is 12.1. The molecule has 2 saturated carbocycles. The van der Waals surface area contributed by atoms with Gasteiger partial charge >= 0.3 is 0 Å². The fourth-order valence-corrected chi connectivity index (χ4v) is 7.32. The van der Waals surface area contributed by atoms with E-state index >= 15 is 0 Å². The molecule has 4 atom stereocenters. The number of ether oxygens (including phenoxy) is 2. The highest BCUT2D eigenvalue weighted by Crippen LogP contribution is 2.66. The average Bonchev–Trinajstić information content (AvgIpc) is 3.55. The van der Waals surface area contributed by atoms with Gasteiger partial charge < -0.3 is 14.6 Å². The van der Waals surface area contributed by atoms with E-state index in [4.69, 9.17) is 9.47 Å². The average molecular weight is 432 g/mol. The van der Waals surface area contributed by atoms with Crippen molar-refractivity contribution in [3.05, 3.63) is 59.2 Å². The van der Waals surface area contributed by atoms with Crippen LogP contribution < -0.4 is 4.74 Å². The van der Waals surface area contributed by atoms with Crippen molar-refractivity contribution < 1.29 is 19.4 Å². The molecule has 2 aromatic rings. The third-order valence-corrected chi connectivity index (χ3v) is 8.86. The zero-order valence-corrected chi connectivity index (χ0v) is 18.3. The topological polar surface area (TPSA) is 59.0 Å². The number of benzene rings is 2. The molecule has 1 saturated heterocycles. The highest BCUT2D eigenvalue weighted by Gasteiger charge is 2.74. The molecule has 2 heterocycles. The van der Waals surface area contributed by atoms with Gasteiger partial charge in [-0.25, -0.2) is 0 Å². The fourth-order valence-electron chi connectivity index (χ4n) is 7.32. The largest absolute Gasteiger partial charge is 0.504 e. The monoisotopic (exact) mass is 431 g/mol. The Hall–Kier alpha value is -2.37. The van der Waals surface area contributed by atoms with Gasteiger partial charge in [-0.05, 0) is 61.8 Å². The molecule has 2 bridgehead atoms. The van der Waals surface area contributed by atoms with Crippen LogP contribution in [0.5, 0.6) is 11.5 Å². The van der Waals surface area contributed by atoms with E-state index in [1.807, 2.05) is 18.2 Å². The number of ketones is 1. The summed E-state index contributed by atoms with van der Waals surface area (Å²) in [6, 6.07) is 14.4. The molecule has 5 nitrogen and oxygen atoms in total. The first-order valence-corrected chi connectivity index (χ1v) is 12.1. The molecular formula is C27H29NO4. The lowest BCUT2D eigenvalue weighted by Gasteiger charge is -2.64. The summed E-state index contributed by atoms with van der Waals surface area (Å²) in [5, 5.41) is 10.7. The van der Waals surface area contributed by atoms with Crippen molar-refractivity contribution in [3.63, 3.8) is 0 Å². The number of hydrogen-bond donors (Lipinski definition) is 1. The minimum absolute atomic E-state index is 0.149. The first kappa shape index (κ1) is 19.1. The van der Waals surface area contributed by atoms with Crippen LogP contribution >= 0.6 is 0 Å². The van der Waals surface area contributed by atoms with Gasteiger partial charge in [-0.1, -0.05) is 36.4 Å². The number of nitrogens with zero attached hydrogens (tertiary/aromatic N) is 1. The first-order chi connectivity index (χ1) is 15.6. The van der Waals surface area contributed by atoms with Gasteiger partial charge in [-0.2, -0.15) is 0 Å². The molecule has 0 amide bonds. The number of phenols is 1. The van der Waals surface area contributed by atoms with E-state index in [0.717, 1.165) is 49.4 Å². The minimum atomic E-state index is -0.556. The fraction of sp³-hybridized carbons (Fsp3) is 0.519. The zero-order valence-electron chi connectivity index (χ0n) is 18.3. The lowest BCUT2D eigenvalue weighted by Crippen LogP contribution is -2.77. The van der Waals surface area contributed by atoms with Gasteiger partial charge in [0.25, 0.3) is 0 Å². The maximum atomic E-state index is 13.2. The Balaban J connectivity index is 1.40. The van der Waals surface area contributed by atoms with Crippen molar-refractivity contribution in [2.24, 2.45) is 5.92 Å². The molecule has 5 heteroatoms. The number of carbonyl (C=O) groups is 1. The molecule has 3 fully saturated rings. The van der Waals surface area contributed by atoms with Gasteiger partial charge in [0.15, 0.2) is 23.4 Å². The second-order valence-electron chi connectivity index (χ2n) is 10.5. The minimum Gasteiger partial charge on any atom is -0.504 e. The van der Waals surface area contributed by atoms with E-state index in [0.29, 0.717) is 18.8 Å². The SMILES string of the molecule is O=C1CC[C@@]2(OCc3ccccc3)[C@H]3Cc4ccc(O)c5c4[C@@]2(CCN3CC2CC2)C1O5. The Morgan fingerprint density at radius 3 is 2.78 bits per heavy atom. The van der Waals surface area contributed by atoms with Crippen LogP contribution in [0, 0.1) is 5.92 Å². The second-order valence-corrected chi connectivity index (χ2v) is 10.5. The predicted molar refractivity (Wildman–Crippen MR) is 119 cm³/mol. The van der Waals surface area contributed by atoms with E-state index in [1.165, 1.54) is 18.4 Å². The normalized spacial score (nSPS) is 34.8. The number of carbonyl (C=O) groups excluding carboxylic acids is 1. The summed E-state index contributed by atoms with van der Waals surface area (Å²) in [5.41, 5.74) is 2.44. The third kappa shape index (κ3) is 2.39. The van der Waals surface area contributed by atoms with E-state index < -0.39 is 17.1 Å². The number of Topliss-reactive ketones (excluding diaryl/α,β-unsaturated/α-hetero) is 1. The molecular weight excluding hydrogens is 402 g/mol. The predicted octanol–water partition coefficient (Wildman–Crippen LogP) is 3.75. The highest BCUT2D eigenvalue weighted by molar-refractivity contribution is 5.90. The maximum Gasteiger partial charge on any atom is 0.174 e. The molecule has 3 aliphatic carbocycles. The lowest BCUT2D eigenvalue weighted by molar-refractivity contribution is -0.218. The molecule has 5 aliphatic rings. The molecule has 0 aromatic heterocycles. The van der Waals surface area contributed by atoms with Crippen LogP contribution in [-0.2, 0) is 28.0 Å². The van der Waals surface area contributed by atoms with Crippen molar-refractivity contribution >= 4 is 5.78 Å². The Bertz CT molecular complexity index is 1100. The van der Waals surface area contributed by atoms with Gasteiger partial charge in [0.1, 0.15) is 0 Å². The van der Waals surface area contributed by atoms with Crippen molar-refractivity contribution in [2.45, 2.75) is 68.3 Å². The van der Waals surface area contributed by atoms with Crippen molar-refractivity contribution in [3.8, 4) is 11.5 Å². The summed E-state index contributed by atoms with van der Waals surface area (Å²) < 4.78 is 13.4.